The zero-order chi connectivity index (χ0) is 16.4. The Morgan fingerprint density at radius 2 is 1.50 bits per heavy atom. The van der Waals surface area contributed by atoms with Crippen LogP contribution < -0.4 is 0 Å². The van der Waals surface area contributed by atoms with Crippen molar-refractivity contribution in [1.82, 2.24) is 14.4 Å². The second kappa shape index (κ2) is 7.15. The van der Waals surface area contributed by atoms with Gasteiger partial charge in [0.05, 0.1) is 16.9 Å². The van der Waals surface area contributed by atoms with Gasteiger partial charge in [0.25, 0.3) is 0 Å². The maximum atomic E-state index is 5.58. The van der Waals surface area contributed by atoms with Crippen molar-refractivity contribution in [3.05, 3.63) is 64.1 Å². The Bertz CT molecular complexity index is 861. The van der Waals surface area contributed by atoms with Gasteiger partial charge in [-0.2, -0.15) is 0 Å². The molecule has 2 aromatic carbocycles. The summed E-state index contributed by atoms with van der Waals surface area (Å²) in [4.78, 5) is 5.05. The highest BCUT2D eigenvalue weighted by molar-refractivity contribution is 7.73. The first kappa shape index (κ1) is 16.0. The van der Waals surface area contributed by atoms with Crippen molar-refractivity contribution in [2.75, 3.05) is 26.2 Å². The summed E-state index contributed by atoms with van der Waals surface area (Å²) >= 11 is 7.29. The molecule has 0 aliphatic carbocycles. The summed E-state index contributed by atoms with van der Waals surface area (Å²) in [5.74, 6) is 0. The molecule has 0 saturated carbocycles. The van der Waals surface area contributed by atoms with Gasteiger partial charge in [-0.1, -0.05) is 42.5 Å². The van der Waals surface area contributed by atoms with Gasteiger partial charge in [-0.25, -0.2) is 0 Å². The van der Waals surface area contributed by atoms with Gasteiger partial charge in [0.15, 0.2) is 3.95 Å². The van der Waals surface area contributed by atoms with E-state index in [1.54, 1.807) is 11.3 Å². The van der Waals surface area contributed by atoms with Crippen LogP contribution in [0.3, 0.4) is 0 Å². The third kappa shape index (κ3) is 3.44. The molecule has 4 rings (SSSR count). The van der Waals surface area contributed by atoms with E-state index in [9.17, 15) is 0 Å². The second-order valence-corrected chi connectivity index (χ2v) is 7.96. The van der Waals surface area contributed by atoms with Crippen LogP contribution in [0, 0.1) is 3.95 Å². The summed E-state index contributed by atoms with van der Waals surface area (Å²) in [5, 5.41) is 0. The van der Waals surface area contributed by atoms with Crippen molar-refractivity contribution in [1.29, 1.82) is 0 Å². The van der Waals surface area contributed by atoms with Gasteiger partial charge in [0.2, 0.25) is 0 Å². The minimum Gasteiger partial charge on any atom is -0.309 e. The highest BCUT2D eigenvalue weighted by atomic mass is 32.1. The second-order valence-electron chi connectivity index (χ2n) is 6.28. The molecule has 24 heavy (non-hydrogen) atoms. The van der Waals surface area contributed by atoms with Crippen LogP contribution in [0.4, 0.5) is 0 Å². The first-order valence-electron chi connectivity index (χ1n) is 8.36. The fraction of sp³-hybridized carbons (Fsp3) is 0.316. The number of rotatable bonds is 4. The summed E-state index contributed by atoms with van der Waals surface area (Å²) in [7, 11) is 0. The van der Waals surface area contributed by atoms with E-state index in [0.29, 0.717) is 0 Å². The lowest BCUT2D eigenvalue weighted by molar-refractivity contribution is 0.104. The molecule has 0 unspecified atom stereocenters. The first-order chi connectivity index (χ1) is 11.8. The van der Waals surface area contributed by atoms with Gasteiger partial charge < -0.3 is 4.57 Å². The Labute approximate surface area is 151 Å². The van der Waals surface area contributed by atoms with Gasteiger partial charge in [-0.3, -0.25) is 9.80 Å². The third-order valence-electron chi connectivity index (χ3n) is 4.63. The average molecular weight is 356 g/mol. The van der Waals surface area contributed by atoms with Crippen molar-refractivity contribution in [2.24, 2.45) is 0 Å². The topological polar surface area (TPSA) is 11.4 Å². The Morgan fingerprint density at radius 3 is 2.29 bits per heavy atom. The van der Waals surface area contributed by atoms with Gasteiger partial charge >= 0.3 is 0 Å². The normalized spacial score (nSPS) is 16.7. The Balaban J connectivity index is 1.39. The smallest absolute Gasteiger partial charge is 0.163 e. The molecule has 0 radical (unpaired) electrons. The van der Waals surface area contributed by atoms with E-state index in [1.807, 2.05) is 0 Å². The predicted molar refractivity (Wildman–Crippen MR) is 104 cm³/mol. The molecule has 0 atom stereocenters. The summed E-state index contributed by atoms with van der Waals surface area (Å²) in [6.45, 7) is 6.38. The van der Waals surface area contributed by atoms with Gasteiger partial charge in [-0.05, 0) is 29.9 Å². The molecule has 1 aliphatic heterocycles. The lowest BCUT2D eigenvalue weighted by Gasteiger charge is -2.34. The largest absolute Gasteiger partial charge is 0.309 e. The fourth-order valence-electron chi connectivity index (χ4n) is 3.28. The van der Waals surface area contributed by atoms with Crippen molar-refractivity contribution >= 4 is 33.8 Å². The summed E-state index contributed by atoms with van der Waals surface area (Å²) in [6.07, 6.45) is 0. The molecule has 1 saturated heterocycles. The van der Waals surface area contributed by atoms with Crippen molar-refractivity contribution < 1.29 is 0 Å². The number of aromatic nitrogens is 1. The van der Waals surface area contributed by atoms with E-state index in [4.69, 9.17) is 12.2 Å². The highest BCUT2D eigenvalue weighted by Crippen LogP contribution is 2.23. The number of benzene rings is 2. The molecular formula is C19H21N3S2. The number of nitrogens with zero attached hydrogens (tertiary/aromatic N) is 3. The quantitative estimate of drug-likeness (QED) is 0.650. The Kier molecular flexibility index (Phi) is 4.76. The standard InChI is InChI=1S/C19H21N3S2/c23-19-22(17-8-4-5-9-18(17)24-19)15-21-12-10-20(11-13-21)14-16-6-2-1-3-7-16/h1-9H,10-15H2. The van der Waals surface area contributed by atoms with Crippen LogP contribution in [0.2, 0.25) is 0 Å². The Morgan fingerprint density at radius 1 is 0.833 bits per heavy atom. The minimum absolute atomic E-state index is 0.905. The van der Waals surface area contributed by atoms with Gasteiger partial charge in [0.1, 0.15) is 0 Å². The molecule has 2 heterocycles. The van der Waals surface area contributed by atoms with Crippen LogP contribution >= 0.6 is 23.6 Å². The van der Waals surface area contributed by atoms with Crippen LogP contribution in [0.1, 0.15) is 5.56 Å². The van der Waals surface area contributed by atoms with Gasteiger partial charge in [0, 0.05) is 32.7 Å². The van der Waals surface area contributed by atoms with Crippen molar-refractivity contribution in [2.45, 2.75) is 13.2 Å². The van der Waals surface area contributed by atoms with Crippen molar-refractivity contribution in [3.63, 3.8) is 0 Å². The maximum absolute atomic E-state index is 5.58. The molecule has 1 aliphatic rings. The zero-order valence-corrected chi connectivity index (χ0v) is 15.2. The zero-order valence-electron chi connectivity index (χ0n) is 13.6. The first-order valence-corrected chi connectivity index (χ1v) is 9.59. The monoisotopic (exact) mass is 355 g/mol. The number of hydrogen-bond acceptors (Lipinski definition) is 4. The van der Waals surface area contributed by atoms with Gasteiger partial charge in [-0.15, -0.1) is 11.3 Å². The van der Waals surface area contributed by atoms with E-state index in [-0.39, 0.29) is 0 Å². The van der Waals surface area contributed by atoms with Crippen LogP contribution in [-0.4, -0.2) is 40.5 Å². The summed E-state index contributed by atoms with van der Waals surface area (Å²) in [6, 6.07) is 19.3. The molecule has 124 valence electrons. The molecule has 0 N–H and O–H groups in total. The lowest BCUT2D eigenvalue weighted by Crippen LogP contribution is -2.46. The van der Waals surface area contributed by atoms with E-state index >= 15 is 0 Å². The van der Waals surface area contributed by atoms with Crippen LogP contribution in [-0.2, 0) is 13.2 Å². The summed E-state index contributed by atoms with van der Waals surface area (Å²) in [5.41, 5.74) is 2.66. The third-order valence-corrected chi connectivity index (χ3v) is 6.06. The number of hydrogen-bond donors (Lipinski definition) is 0. The number of para-hydroxylation sites is 1. The molecular weight excluding hydrogens is 334 g/mol. The lowest BCUT2D eigenvalue weighted by atomic mass is 10.2. The molecule has 1 fully saturated rings. The molecule has 0 bridgehead atoms. The van der Waals surface area contributed by atoms with Crippen LogP contribution in [0.5, 0.6) is 0 Å². The SMILES string of the molecule is S=c1sc2ccccc2n1CN1CCN(Cc2ccccc2)CC1. The van der Waals surface area contributed by atoms with Crippen LogP contribution in [0.25, 0.3) is 10.2 Å². The highest BCUT2D eigenvalue weighted by Gasteiger charge is 2.18. The average Bonchev–Trinajstić information content (AvgIpc) is 2.93. The van der Waals surface area contributed by atoms with Crippen LogP contribution in [0.15, 0.2) is 54.6 Å². The number of fused-ring (bicyclic) bond motifs is 1. The minimum atomic E-state index is 0.905. The van der Waals surface area contributed by atoms with E-state index in [2.05, 4.69) is 69.0 Å². The fourth-order valence-corrected chi connectivity index (χ4v) is 4.59. The molecule has 0 spiro atoms. The number of thiazole rings is 1. The van der Waals surface area contributed by atoms with E-state index in [0.717, 1.165) is 43.3 Å². The van der Waals surface area contributed by atoms with E-state index < -0.39 is 0 Å². The molecule has 0 amide bonds. The molecule has 3 nitrogen and oxygen atoms in total. The molecule has 3 aromatic rings. The molecule has 1 aromatic heterocycles. The van der Waals surface area contributed by atoms with E-state index in [1.165, 1.54) is 15.8 Å². The predicted octanol–water partition coefficient (Wildman–Crippen LogP) is 4.21. The molecule has 5 heteroatoms. The Hall–Kier alpha value is -1.53. The summed E-state index contributed by atoms with van der Waals surface area (Å²) < 4.78 is 4.54. The maximum Gasteiger partial charge on any atom is 0.163 e. The van der Waals surface area contributed by atoms with Crippen molar-refractivity contribution in [3.8, 4) is 0 Å². The number of piperazine rings is 1.